The Bertz CT molecular complexity index is 779. The van der Waals surface area contributed by atoms with Crippen molar-refractivity contribution in [2.45, 2.75) is 32.8 Å². The summed E-state index contributed by atoms with van der Waals surface area (Å²) < 4.78 is 11.7. The summed E-state index contributed by atoms with van der Waals surface area (Å²) in [6.45, 7) is 3.39. The molecule has 3 rings (SSSR count). The second kappa shape index (κ2) is 9.67. The van der Waals surface area contributed by atoms with E-state index in [2.05, 4.69) is 55.5 Å². The molecule has 26 heavy (non-hydrogen) atoms. The first kappa shape index (κ1) is 18.1. The minimum atomic E-state index is 0.572. The van der Waals surface area contributed by atoms with E-state index in [-0.39, 0.29) is 0 Å². The molecule has 3 aromatic rings. The van der Waals surface area contributed by atoms with Crippen molar-refractivity contribution < 1.29 is 9.47 Å². The molecule has 134 valence electrons. The van der Waals surface area contributed by atoms with Crippen LogP contribution in [0.25, 0.3) is 0 Å². The number of unbranched alkanes of at least 4 members (excludes halogenated alkanes) is 1. The Hall–Kier alpha value is -2.74. The average molecular weight is 346 g/mol. The highest BCUT2D eigenvalue weighted by molar-refractivity contribution is 5.32. The Kier molecular flexibility index (Phi) is 6.72. The molecule has 0 radical (unpaired) electrons. The van der Waals surface area contributed by atoms with Crippen LogP contribution in [0.2, 0.25) is 0 Å². The lowest BCUT2D eigenvalue weighted by Crippen LogP contribution is -2.00. The number of para-hydroxylation sites is 1. The van der Waals surface area contributed by atoms with Crippen LogP contribution in [0.1, 0.15) is 29.5 Å². The predicted octanol–water partition coefficient (Wildman–Crippen LogP) is 5.98. The van der Waals surface area contributed by atoms with Crippen molar-refractivity contribution in [3.63, 3.8) is 0 Å². The van der Waals surface area contributed by atoms with Gasteiger partial charge in [-0.05, 0) is 61.1 Å². The van der Waals surface area contributed by atoms with Gasteiger partial charge in [-0.1, -0.05) is 60.7 Å². The quantitative estimate of drug-likeness (QED) is 0.444. The largest absolute Gasteiger partial charge is 0.494 e. The van der Waals surface area contributed by atoms with Gasteiger partial charge in [0.2, 0.25) is 0 Å². The van der Waals surface area contributed by atoms with E-state index < -0.39 is 0 Å². The summed E-state index contributed by atoms with van der Waals surface area (Å²) in [7, 11) is 0. The molecule has 0 atom stereocenters. The standard InChI is InChI=1S/C24H26O2/c1-20-9-5-6-13-24(20)26-19-22-14-16-23(17-15-22)25-18-8-7-12-21-10-3-2-4-11-21/h2-6,9-11,13-17H,7-8,12,18-19H2,1H3. The van der Waals surface area contributed by atoms with Crippen LogP contribution in [0.3, 0.4) is 0 Å². The summed E-state index contributed by atoms with van der Waals surface area (Å²) in [4.78, 5) is 0. The molecule has 0 spiro atoms. The van der Waals surface area contributed by atoms with Gasteiger partial charge in [-0.2, -0.15) is 0 Å². The fraction of sp³-hybridized carbons (Fsp3) is 0.250. The van der Waals surface area contributed by atoms with Gasteiger partial charge in [0.05, 0.1) is 6.61 Å². The SMILES string of the molecule is Cc1ccccc1OCc1ccc(OCCCCc2ccccc2)cc1. The summed E-state index contributed by atoms with van der Waals surface area (Å²) in [5.74, 6) is 1.86. The van der Waals surface area contributed by atoms with Gasteiger partial charge in [-0.3, -0.25) is 0 Å². The van der Waals surface area contributed by atoms with E-state index in [0.29, 0.717) is 6.61 Å². The minimum Gasteiger partial charge on any atom is -0.494 e. The van der Waals surface area contributed by atoms with E-state index >= 15 is 0 Å². The number of benzene rings is 3. The van der Waals surface area contributed by atoms with Gasteiger partial charge in [0.1, 0.15) is 18.1 Å². The molecule has 2 nitrogen and oxygen atoms in total. The molecule has 0 aliphatic rings. The third-order valence-electron chi connectivity index (χ3n) is 4.38. The van der Waals surface area contributed by atoms with E-state index in [9.17, 15) is 0 Å². The van der Waals surface area contributed by atoms with Crippen LogP contribution in [0.5, 0.6) is 11.5 Å². The summed E-state index contributed by atoms with van der Waals surface area (Å²) in [5.41, 5.74) is 3.69. The molecule has 0 N–H and O–H groups in total. The Balaban J connectivity index is 1.37. The molecule has 0 heterocycles. The highest BCUT2D eigenvalue weighted by Gasteiger charge is 2.00. The minimum absolute atomic E-state index is 0.572. The zero-order valence-electron chi connectivity index (χ0n) is 15.4. The predicted molar refractivity (Wildman–Crippen MR) is 107 cm³/mol. The number of hydrogen-bond acceptors (Lipinski definition) is 2. The van der Waals surface area contributed by atoms with Gasteiger partial charge in [0.25, 0.3) is 0 Å². The average Bonchev–Trinajstić information content (AvgIpc) is 2.69. The van der Waals surface area contributed by atoms with Crippen LogP contribution in [0.4, 0.5) is 0 Å². The zero-order valence-corrected chi connectivity index (χ0v) is 15.4. The van der Waals surface area contributed by atoms with Crippen molar-refractivity contribution in [3.05, 3.63) is 95.6 Å². The molecule has 0 aliphatic heterocycles. The second-order valence-corrected chi connectivity index (χ2v) is 6.49. The van der Waals surface area contributed by atoms with Crippen LogP contribution < -0.4 is 9.47 Å². The summed E-state index contributed by atoms with van der Waals surface area (Å²) in [6, 6.07) is 26.9. The first-order chi connectivity index (χ1) is 12.8. The molecule has 3 aromatic carbocycles. The third kappa shape index (κ3) is 5.66. The number of hydrogen-bond donors (Lipinski definition) is 0. The zero-order chi connectivity index (χ0) is 18.0. The molecule has 0 amide bonds. The summed E-state index contributed by atoms with van der Waals surface area (Å²) >= 11 is 0. The van der Waals surface area contributed by atoms with Crippen LogP contribution in [-0.4, -0.2) is 6.61 Å². The second-order valence-electron chi connectivity index (χ2n) is 6.49. The van der Waals surface area contributed by atoms with E-state index in [4.69, 9.17) is 9.47 Å². The van der Waals surface area contributed by atoms with E-state index in [1.54, 1.807) is 0 Å². The Morgan fingerprint density at radius 1 is 0.654 bits per heavy atom. The molecule has 0 fully saturated rings. The molecular formula is C24H26O2. The van der Waals surface area contributed by atoms with Crippen LogP contribution >= 0.6 is 0 Å². The van der Waals surface area contributed by atoms with Crippen molar-refractivity contribution in [2.24, 2.45) is 0 Å². The van der Waals surface area contributed by atoms with Crippen molar-refractivity contribution in [2.75, 3.05) is 6.61 Å². The third-order valence-corrected chi connectivity index (χ3v) is 4.38. The van der Waals surface area contributed by atoms with Gasteiger partial charge in [0, 0.05) is 0 Å². The topological polar surface area (TPSA) is 18.5 Å². The first-order valence-electron chi connectivity index (χ1n) is 9.25. The van der Waals surface area contributed by atoms with E-state index in [1.165, 1.54) is 5.56 Å². The van der Waals surface area contributed by atoms with Crippen LogP contribution in [0.15, 0.2) is 78.9 Å². The highest BCUT2D eigenvalue weighted by Crippen LogP contribution is 2.19. The molecule has 0 aliphatic carbocycles. The molecule has 0 saturated heterocycles. The summed E-state index contributed by atoms with van der Waals surface area (Å²) in [5, 5.41) is 0. The fourth-order valence-corrected chi connectivity index (χ4v) is 2.83. The molecule has 2 heteroatoms. The lowest BCUT2D eigenvalue weighted by Gasteiger charge is -2.10. The summed E-state index contributed by atoms with van der Waals surface area (Å²) in [6.07, 6.45) is 3.32. The van der Waals surface area contributed by atoms with Crippen molar-refractivity contribution in [3.8, 4) is 11.5 Å². The highest BCUT2D eigenvalue weighted by atomic mass is 16.5. The Morgan fingerprint density at radius 2 is 1.38 bits per heavy atom. The molecular weight excluding hydrogens is 320 g/mol. The van der Waals surface area contributed by atoms with E-state index in [1.807, 2.05) is 30.3 Å². The van der Waals surface area contributed by atoms with Crippen LogP contribution in [-0.2, 0) is 13.0 Å². The fourth-order valence-electron chi connectivity index (χ4n) is 2.83. The van der Waals surface area contributed by atoms with Gasteiger partial charge in [-0.15, -0.1) is 0 Å². The van der Waals surface area contributed by atoms with Gasteiger partial charge < -0.3 is 9.47 Å². The Morgan fingerprint density at radius 3 is 2.15 bits per heavy atom. The Labute approximate surface area is 156 Å². The van der Waals surface area contributed by atoms with Gasteiger partial charge >= 0.3 is 0 Å². The smallest absolute Gasteiger partial charge is 0.122 e. The van der Waals surface area contributed by atoms with Gasteiger partial charge in [-0.25, -0.2) is 0 Å². The maximum Gasteiger partial charge on any atom is 0.122 e. The van der Waals surface area contributed by atoms with Gasteiger partial charge in [0.15, 0.2) is 0 Å². The number of aryl methyl sites for hydroxylation is 2. The monoisotopic (exact) mass is 346 g/mol. The van der Waals surface area contributed by atoms with E-state index in [0.717, 1.165) is 48.5 Å². The van der Waals surface area contributed by atoms with Crippen molar-refractivity contribution in [1.82, 2.24) is 0 Å². The van der Waals surface area contributed by atoms with Crippen LogP contribution in [0, 0.1) is 6.92 Å². The van der Waals surface area contributed by atoms with Crippen molar-refractivity contribution in [1.29, 1.82) is 0 Å². The normalized spacial score (nSPS) is 10.5. The first-order valence-corrected chi connectivity index (χ1v) is 9.25. The maximum absolute atomic E-state index is 5.88. The molecule has 0 aromatic heterocycles. The molecule has 0 bridgehead atoms. The van der Waals surface area contributed by atoms with Crippen molar-refractivity contribution >= 4 is 0 Å². The molecule has 0 unspecified atom stereocenters. The maximum atomic E-state index is 5.88. The number of ether oxygens (including phenoxy) is 2. The molecule has 0 saturated carbocycles. The lowest BCUT2D eigenvalue weighted by molar-refractivity contribution is 0.300. The lowest BCUT2D eigenvalue weighted by atomic mass is 10.1. The number of rotatable bonds is 9.